The predicted molar refractivity (Wildman–Crippen MR) is 95.7 cm³/mol. The summed E-state index contributed by atoms with van der Waals surface area (Å²) in [5.41, 5.74) is 2.55. The highest BCUT2D eigenvalue weighted by atomic mass is 16.5. The van der Waals surface area contributed by atoms with E-state index in [1.807, 2.05) is 25.1 Å². The van der Waals surface area contributed by atoms with Gasteiger partial charge in [0.1, 0.15) is 11.9 Å². The summed E-state index contributed by atoms with van der Waals surface area (Å²) >= 11 is 0. The number of aromatic carboxylic acids is 1. The predicted octanol–water partition coefficient (Wildman–Crippen LogP) is 4.07. The Morgan fingerprint density at radius 1 is 1.12 bits per heavy atom. The normalized spacial score (nSPS) is 12.2. The smallest absolute Gasteiger partial charge is 0.335 e. The van der Waals surface area contributed by atoms with Crippen molar-refractivity contribution in [2.45, 2.75) is 39.3 Å². The summed E-state index contributed by atoms with van der Waals surface area (Å²) in [7, 11) is 0. The van der Waals surface area contributed by atoms with E-state index in [-0.39, 0.29) is 6.10 Å². The van der Waals surface area contributed by atoms with E-state index in [1.54, 1.807) is 18.2 Å². The molecule has 2 aromatic rings. The highest BCUT2D eigenvalue weighted by Crippen LogP contribution is 2.19. The maximum atomic E-state index is 11.0. The largest absolute Gasteiger partial charge is 0.489 e. The molecule has 4 nitrogen and oxygen atoms in total. The maximum Gasteiger partial charge on any atom is 0.335 e. The third-order valence-electron chi connectivity index (χ3n) is 3.82. The van der Waals surface area contributed by atoms with Gasteiger partial charge in [-0.25, -0.2) is 4.79 Å². The van der Waals surface area contributed by atoms with Crippen LogP contribution in [0.1, 0.15) is 48.2 Å². The van der Waals surface area contributed by atoms with E-state index in [1.165, 1.54) is 5.56 Å². The molecule has 4 heteroatoms. The quantitative estimate of drug-likeness (QED) is 0.767. The molecular formula is C20H25NO3. The minimum Gasteiger partial charge on any atom is -0.489 e. The van der Waals surface area contributed by atoms with Gasteiger partial charge in [0.2, 0.25) is 0 Å². The number of hydrogen-bond acceptors (Lipinski definition) is 3. The Balaban J connectivity index is 1.79. The Morgan fingerprint density at radius 3 is 2.46 bits per heavy atom. The zero-order chi connectivity index (χ0) is 17.5. The summed E-state index contributed by atoms with van der Waals surface area (Å²) in [5, 5.41) is 12.3. The van der Waals surface area contributed by atoms with E-state index in [0.29, 0.717) is 24.6 Å². The number of hydrogen-bond donors (Lipinski definition) is 2. The van der Waals surface area contributed by atoms with Crippen molar-refractivity contribution in [3.8, 4) is 5.75 Å². The molecule has 2 aromatic carbocycles. The number of ether oxygens (including phenoxy) is 1. The highest BCUT2D eigenvalue weighted by Gasteiger charge is 2.06. The van der Waals surface area contributed by atoms with Gasteiger partial charge in [-0.3, -0.25) is 0 Å². The van der Waals surface area contributed by atoms with Crippen molar-refractivity contribution >= 4 is 5.97 Å². The van der Waals surface area contributed by atoms with Gasteiger partial charge in [-0.15, -0.1) is 0 Å². The van der Waals surface area contributed by atoms with Crippen molar-refractivity contribution in [2.75, 3.05) is 6.54 Å². The zero-order valence-corrected chi connectivity index (χ0v) is 14.5. The summed E-state index contributed by atoms with van der Waals surface area (Å²) < 4.78 is 5.89. The SMILES string of the molecule is CC(CNCc1cccc(C(=O)O)c1)Oc1ccc(C(C)C)cc1. The van der Waals surface area contributed by atoms with Crippen LogP contribution in [-0.4, -0.2) is 23.7 Å². The molecule has 0 amide bonds. The molecular weight excluding hydrogens is 302 g/mol. The molecule has 0 spiro atoms. The molecule has 0 heterocycles. The molecule has 0 aliphatic rings. The maximum absolute atomic E-state index is 11.0. The van der Waals surface area contributed by atoms with Crippen LogP contribution in [0, 0.1) is 0 Å². The molecule has 0 saturated heterocycles. The first-order valence-corrected chi connectivity index (χ1v) is 8.25. The van der Waals surface area contributed by atoms with Crippen LogP contribution < -0.4 is 10.1 Å². The highest BCUT2D eigenvalue weighted by molar-refractivity contribution is 5.87. The summed E-state index contributed by atoms with van der Waals surface area (Å²) in [5.74, 6) is 0.472. The number of carbonyl (C=O) groups is 1. The molecule has 0 fully saturated rings. The molecule has 2 N–H and O–H groups in total. The van der Waals surface area contributed by atoms with Gasteiger partial charge in [0.15, 0.2) is 0 Å². The van der Waals surface area contributed by atoms with Crippen molar-refractivity contribution < 1.29 is 14.6 Å². The minimum absolute atomic E-state index is 0.0255. The van der Waals surface area contributed by atoms with Crippen LogP contribution in [0.15, 0.2) is 48.5 Å². The van der Waals surface area contributed by atoms with Crippen LogP contribution in [0.3, 0.4) is 0 Å². The molecule has 0 aromatic heterocycles. The lowest BCUT2D eigenvalue weighted by molar-refractivity contribution is 0.0696. The van der Waals surface area contributed by atoms with E-state index in [2.05, 4.69) is 31.3 Å². The van der Waals surface area contributed by atoms with Gasteiger partial charge >= 0.3 is 5.97 Å². The standard InChI is InChI=1S/C20H25NO3/c1-14(2)17-7-9-19(10-8-17)24-15(3)12-21-13-16-5-4-6-18(11-16)20(22)23/h4-11,14-15,21H,12-13H2,1-3H3,(H,22,23). The van der Waals surface area contributed by atoms with Gasteiger partial charge in [0.05, 0.1) is 5.56 Å². The Morgan fingerprint density at radius 2 is 1.83 bits per heavy atom. The van der Waals surface area contributed by atoms with Crippen LogP contribution in [0.4, 0.5) is 0 Å². The topological polar surface area (TPSA) is 58.6 Å². The van der Waals surface area contributed by atoms with Crippen molar-refractivity contribution in [1.82, 2.24) is 5.32 Å². The molecule has 0 aliphatic carbocycles. The van der Waals surface area contributed by atoms with Crippen LogP contribution in [0.25, 0.3) is 0 Å². The lowest BCUT2D eigenvalue weighted by Gasteiger charge is -2.16. The molecule has 128 valence electrons. The molecule has 0 saturated carbocycles. The molecule has 0 bridgehead atoms. The second-order valence-electron chi connectivity index (χ2n) is 6.29. The first-order valence-electron chi connectivity index (χ1n) is 8.25. The molecule has 1 unspecified atom stereocenters. The van der Waals surface area contributed by atoms with E-state index < -0.39 is 5.97 Å². The van der Waals surface area contributed by atoms with E-state index in [4.69, 9.17) is 9.84 Å². The van der Waals surface area contributed by atoms with E-state index in [9.17, 15) is 4.79 Å². The number of carboxylic acids is 1. The Bertz CT molecular complexity index is 665. The first kappa shape index (κ1) is 18.0. The molecule has 2 rings (SSSR count). The minimum atomic E-state index is -0.904. The number of benzene rings is 2. The van der Waals surface area contributed by atoms with Crippen LogP contribution in [-0.2, 0) is 6.54 Å². The van der Waals surface area contributed by atoms with E-state index in [0.717, 1.165) is 11.3 Å². The van der Waals surface area contributed by atoms with Crippen molar-refractivity contribution in [2.24, 2.45) is 0 Å². The fraction of sp³-hybridized carbons (Fsp3) is 0.350. The molecule has 24 heavy (non-hydrogen) atoms. The second-order valence-corrected chi connectivity index (χ2v) is 6.29. The van der Waals surface area contributed by atoms with Gasteiger partial charge in [-0.1, -0.05) is 38.1 Å². The third-order valence-corrected chi connectivity index (χ3v) is 3.82. The van der Waals surface area contributed by atoms with E-state index >= 15 is 0 Å². The Hall–Kier alpha value is -2.33. The average molecular weight is 327 g/mol. The van der Waals surface area contributed by atoms with Gasteiger partial charge in [-0.2, -0.15) is 0 Å². The fourth-order valence-corrected chi connectivity index (χ4v) is 2.44. The monoisotopic (exact) mass is 327 g/mol. The van der Waals surface area contributed by atoms with Crippen molar-refractivity contribution in [1.29, 1.82) is 0 Å². The number of carboxylic acid groups (broad SMARTS) is 1. The van der Waals surface area contributed by atoms with Crippen molar-refractivity contribution in [3.63, 3.8) is 0 Å². The Labute approximate surface area is 143 Å². The van der Waals surface area contributed by atoms with Gasteiger partial charge in [0.25, 0.3) is 0 Å². The van der Waals surface area contributed by atoms with Gasteiger partial charge in [-0.05, 0) is 48.2 Å². The summed E-state index contributed by atoms with van der Waals surface area (Å²) in [4.78, 5) is 11.0. The van der Waals surface area contributed by atoms with Crippen molar-refractivity contribution in [3.05, 3.63) is 65.2 Å². The fourth-order valence-electron chi connectivity index (χ4n) is 2.44. The van der Waals surface area contributed by atoms with Crippen LogP contribution in [0.2, 0.25) is 0 Å². The summed E-state index contributed by atoms with van der Waals surface area (Å²) in [6, 6.07) is 15.1. The lowest BCUT2D eigenvalue weighted by Crippen LogP contribution is -2.28. The summed E-state index contributed by atoms with van der Waals surface area (Å²) in [6.07, 6.45) is 0.0255. The zero-order valence-electron chi connectivity index (χ0n) is 14.5. The third kappa shape index (κ3) is 5.39. The molecule has 1 atom stereocenters. The number of nitrogens with one attached hydrogen (secondary N) is 1. The lowest BCUT2D eigenvalue weighted by atomic mass is 10.0. The van der Waals surface area contributed by atoms with Crippen LogP contribution >= 0.6 is 0 Å². The number of rotatable bonds is 8. The van der Waals surface area contributed by atoms with Crippen LogP contribution in [0.5, 0.6) is 5.75 Å². The first-order chi connectivity index (χ1) is 11.5. The average Bonchev–Trinajstić information content (AvgIpc) is 2.55. The molecule has 0 aliphatic heterocycles. The Kier molecular flexibility index (Phi) is 6.38. The van der Waals surface area contributed by atoms with Gasteiger partial charge in [0, 0.05) is 13.1 Å². The summed E-state index contributed by atoms with van der Waals surface area (Å²) in [6.45, 7) is 7.64. The molecule has 0 radical (unpaired) electrons. The second kappa shape index (κ2) is 8.50. The van der Waals surface area contributed by atoms with Gasteiger partial charge < -0.3 is 15.2 Å².